The second-order valence-electron chi connectivity index (χ2n) is 10.2. The second kappa shape index (κ2) is 8.32. The van der Waals surface area contributed by atoms with Crippen LogP contribution in [-0.2, 0) is 31.4 Å². The summed E-state index contributed by atoms with van der Waals surface area (Å²) in [6.07, 6.45) is 3.83. The molecule has 0 spiro atoms. The molecule has 2 aromatic carbocycles. The maximum absolute atomic E-state index is 13.9. The third-order valence-electron chi connectivity index (χ3n) is 7.74. The summed E-state index contributed by atoms with van der Waals surface area (Å²) in [5, 5.41) is 14.3. The predicted molar refractivity (Wildman–Crippen MR) is 138 cm³/mol. The van der Waals surface area contributed by atoms with E-state index in [0.717, 1.165) is 31.1 Å². The third-order valence-corrected chi connectivity index (χ3v) is 9.66. The molecule has 0 radical (unpaired) electrons. The first-order chi connectivity index (χ1) is 17.5. The molecule has 0 aromatic heterocycles. The Labute approximate surface area is 215 Å². The summed E-state index contributed by atoms with van der Waals surface area (Å²) in [4.78, 5) is 15.4. The zero-order valence-corrected chi connectivity index (χ0v) is 21.6. The summed E-state index contributed by atoms with van der Waals surface area (Å²) in [6.45, 7) is 0.345. The minimum absolute atomic E-state index is 0.0694. The van der Waals surface area contributed by atoms with Crippen LogP contribution in [0.15, 0.2) is 69.2 Å². The van der Waals surface area contributed by atoms with Gasteiger partial charge in [-0.05, 0) is 54.9 Å². The van der Waals surface area contributed by atoms with Gasteiger partial charge in [0.25, 0.3) is 15.9 Å². The Morgan fingerprint density at radius 1 is 1.14 bits per heavy atom. The number of hydrogen-bond donors (Lipinski definition) is 3. The average molecular weight is 543 g/mol. The molecule has 2 bridgehead atoms. The number of aliphatic hydroxyl groups is 1. The highest BCUT2D eigenvalue weighted by Crippen LogP contribution is 2.55. The maximum atomic E-state index is 13.9. The van der Waals surface area contributed by atoms with Crippen LogP contribution >= 0.6 is 0 Å². The molecule has 0 saturated heterocycles. The highest BCUT2D eigenvalue weighted by molar-refractivity contribution is 7.92. The van der Waals surface area contributed by atoms with E-state index in [1.54, 1.807) is 4.90 Å². The standard InChI is InChI=1S/C25H26N4O6S2/c1-36(32,33)27-17-9-10-18-19(12-17)37(34,35)28-24(26-18)21-23(30)20-15-7-8-16(11-15)22(20)29(25(21)31)13-14-5-3-2-4-6-14/h2-6,9-10,12,15-16,20,22,27,30H,7-8,11,13H2,1H3,(H,26,28)/t15?,16-,20+,22-/m0/s1. The van der Waals surface area contributed by atoms with Gasteiger partial charge in [0.05, 0.1) is 11.9 Å². The van der Waals surface area contributed by atoms with Gasteiger partial charge in [0, 0.05) is 24.2 Å². The van der Waals surface area contributed by atoms with Crippen LogP contribution in [0.2, 0.25) is 0 Å². The first-order valence-corrected chi connectivity index (χ1v) is 15.4. The van der Waals surface area contributed by atoms with Crippen LogP contribution in [-0.4, -0.2) is 50.9 Å². The zero-order valence-electron chi connectivity index (χ0n) is 20.0. The van der Waals surface area contributed by atoms with Crippen LogP contribution in [0.25, 0.3) is 0 Å². The molecule has 2 aliphatic carbocycles. The number of aliphatic hydroxyl groups excluding tert-OH is 1. The highest BCUT2D eigenvalue weighted by Gasteiger charge is 2.57. The molecule has 3 N–H and O–H groups in total. The van der Waals surface area contributed by atoms with Crippen LogP contribution in [0.4, 0.5) is 11.4 Å². The molecule has 2 fully saturated rings. The molecule has 12 heteroatoms. The lowest BCUT2D eigenvalue weighted by Gasteiger charge is -2.44. The van der Waals surface area contributed by atoms with E-state index in [-0.39, 0.29) is 57.2 Å². The number of carbonyl (C=O) groups excluding carboxylic acids is 1. The Balaban J connectivity index is 1.42. The van der Waals surface area contributed by atoms with Crippen molar-refractivity contribution in [3.63, 3.8) is 0 Å². The fourth-order valence-electron chi connectivity index (χ4n) is 6.37. The van der Waals surface area contributed by atoms with Gasteiger partial charge in [0.15, 0.2) is 5.84 Å². The van der Waals surface area contributed by atoms with E-state index in [9.17, 15) is 26.7 Å². The van der Waals surface area contributed by atoms with E-state index in [1.807, 2.05) is 30.3 Å². The largest absolute Gasteiger partial charge is 0.511 e. The zero-order chi connectivity index (χ0) is 26.1. The number of nitrogens with zero attached hydrogens (tertiary/aromatic N) is 2. The van der Waals surface area contributed by atoms with Gasteiger partial charge < -0.3 is 15.3 Å². The maximum Gasteiger partial charge on any atom is 0.286 e. The summed E-state index contributed by atoms with van der Waals surface area (Å²) in [5.41, 5.74) is 1.03. The van der Waals surface area contributed by atoms with Crippen LogP contribution in [0.5, 0.6) is 0 Å². The van der Waals surface area contributed by atoms with Crippen LogP contribution in [0.3, 0.4) is 0 Å². The van der Waals surface area contributed by atoms with E-state index < -0.39 is 26.0 Å². The minimum Gasteiger partial charge on any atom is -0.511 e. The molecule has 2 aliphatic heterocycles. The summed E-state index contributed by atoms with van der Waals surface area (Å²) >= 11 is 0. The first-order valence-electron chi connectivity index (χ1n) is 12.0. The average Bonchev–Trinajstić information content (AvgIpc) is 3.44. The Morgan fingerprint density at radius 2 is 1.86 bits per heavy atom. The lowest BCUT2D eigenvalue weighted by Crippen LogP contribution is -2.53. The number of sulfonamides is 2. The number of benzene rings is 2. The van der Waals surface area contributed by atoms with Crippen molar-refractivity contribution in [2.45, 2.75) is 36.7 Å². The molecule has 1 amide bonds. The Kier molecular flexibility index (Phi) is 5.39. The van der Waals surface area contributed by atoms with Crippen LogP contribution in [0.1, 0.15) is 24.8 Å². The number of rotatable bonds is 5. The molecule has 10 nitrogen and oxygen atoms in total. The van der Waals surface area contributed by atoms with Gasteiger partial charge in [0.1, 0.15) is 16.2 Å². The van der Waals surface area contributed by atoms with Crippen molar-refractivity contribution in [2.75, 3.05) is 16.3 Å². The van der Waals surface area contributed by atoms with Gasteiger partial charge >= 0.3 is 0 Å². The Morgan fingerprint density at radius 3 is 2.59 bits per heavy atom. The van der Waals surface area contributed by atoms with Crippen molar-refractivity contribution < 1.29 is 26.7 Å². The second-order valence-corrected chi connectivity index (χ2v) is 13.5. The molecule has 2 saturated carbocycles. The Bertz CT molecular complexity index is 1580. The van der Waals surface area contributed by atoms with Crippen molar-refractivity contribution in [2.24, 2.45) is 22.2 Å². The molecule has 4 aliphatic rings. The summed E-state index contributed by atoms with van der Waals surface area (Å²) in [6, 6.07) is 13.4. The van der Waals surface area contributed by atoms with Gasteiger partial charge in [-0.2, -0.15) is 8.42 Å². The SMILES string of the molecule is CS(=O)(=O)Nc1ccc2c(c1)S(=O)(=O)N=C(C1=C(O)[C@@H]3C4CC[C@@H](C4)[C@@H]3N(Cc3ccccc3)C1=O)N2. The molecule has 4 atom stereocenters. The minimum atomic E-state index is -4.30. The molecule has 6 rings (SSSR count). The lowest BCUT2D eigenvalue weighted by atomic mass is 9.77. The smallest absolute Gasteiger partial charge is 0.286 e. The fourth-order valence-corrected chi connectivity index (χ4v) is 8.08. The number of amides is 1. The number of nitrogens with one attached hydrogen (secondary N) is 2. The lowest BCUT2D eigenvalue weighted by molar-refractivity contribution is -0.134. The molecule has 2 heterocycles. The summed E-state index contributed by atoms with van der Waals surface area (Å²) in [5.74, 6) is -0.558. The van der Waals surface area contributed by atoms with E-state index in [0.29, 0.717) is 6.54 Å². The van der Waals surface area contributed by atoms with Crippen molar-refractivity contribution in [1.29, 1.82) is 0 Å². The quantitative estimate of drug-likeness (QED) is 0.527. The number of amidine groups is 1. The monoisotopic (exact) mass is 542 g/mol. The van der Waals surface area contributed by atoms with E-state index >= 15 is 0 Å². The van der Waals surface area contributed by atoms with Crippen molar-refractivity contribution >= 4 is 43.2 Å². The Hall–Kier alpha value is -3.38. The van der Waals surface area contributed by atoms with Gasteiger partial charge in [-0.25, -0.2) is 8.42 Å². The highest BCUT2D eigenvalue weighted by atomic mass is 32.2. The van der Waals surface area contributed by atoms with Gasteiger partial charge in [0.2, 0.25) is 10.0 Å². The van der Waals surface area contributed by atoms with Crippen molar-refractivity contribution in [3.05, 3.63) is 65.4 Å². The van der Waals surface area contributed by atoms with E-state index in [2.05, 4.69) is 14.4 Å². The normalized spacial score (nSPS) is 27.9. The molecule has 1 unspecified atom stereocenters. The molecule has 194 valence electrons. The summed E-state index contributed by atoms with van der Waals surface area (Å²) in [7, 11) is -7.92. The van der Waals surface area contributed by atoms with Crippen molar-refractivity contribution in [3.8, 4) is 0 Å². The number of anilines is 2. The predicted octanol–water partition coefficient (Wildman–Crippen LogP) is 2.84. The molecule has 2 aromatic rings. The fraction of sp³-hybridized carbons (Fsp3) is 0.360. The number of hydrogen-bond acceptors (Lipinski definition) is 7. The summed E-state index contributed by atoms with van der Waals surface area (Å²) < 4.78 is 55.6. The van der Waals surface area contributed by atoms with Crippen molar-refractivity contribution in [1.82, 2.24) is 4.90 Å². The first kappa shape index (κ1) is 24.0. The van der Waals surface area contributed by atoms with E-state index in [1.165, 1.54) is 18.2 Å². The van der Waals surface area contributed by atoms with E-state index in [4.69, 9.17) is 0 Å². The topological polar surface area (TPSA) is 145 Å². The van der Waals surface area contributed by atoms with Gasteiger partial charge in [-0.3, -0.25) is 9.52 Å². The van der Waals surface area contributed by atoms with Crippen LogP contribution in [0, 0.1) is 17.8 Å². The van der Waals surface area contributed by atoms with Crippen LogP contribution < -0.4 is 10.0 Å². The molecular weight excluding hydrogens is 516 g/mol. The molecule has 37 heavy (non-hydrogen) atoms. The van der Waals surface area contributed by atoms with Gasteiger partial charge in [-0.1, -0.05) is 30.3 Å². The number of carbonyl (C=O) groups is 1. The third kappa shape index (κ3) is 4.08. The number of fused-ring (bicyclic) bond motifs is 6. The van der Waals surface area contributed by atoms with Gasteiger partial charge in [-0.15, -0.1) is 4.40 Å². The molecular formula is C25H26N4O6S2.